The first kappa shape index (κ1) is 5.95. The highest BCUT2D eigenvalue weighted by Crippen LogP contribution is 2.06. The average molecular weight is 131 g/mol. The predicted molar refractivity (Wildman–Crippen MR) is 35.0 cm³/mol. The van der Waals surface area contributed by atoms with Gasteiger partial charge in [-0.1, -0.05) is 0 Å². The topological polar surface area (TPSA) is 20.3 Å². The van der Waals surface area contributed by atoms with Crippen LogP contribution in [-0.2, 0) is 4.79 Å². The summed E-state index contributed by atoms with van der Waals surface area (Å²) in [5, 5.41) is 0. The van der Waals surface area contributed by atoms with Gasteiger partial charge in [-0.05, 0) is 0 Å². The maximum atomic E-state index is 10.1. The van der Waals surface area contributed by atoms with E-state index in [1.54, 1.807) is 0 Å². The highest BCUT2D eigenvalue weighted by molar-refractivity contribution is 7.99. The zero-order valence-corrected chi connectivity index (χ0v) is 5.49. The molecule has 0 bridgehead atoms. The summed E-state index contributed by atoms with van der Waals surface area (Å²) in [7, 11) is 0. The Bertz CT molecular complexity index is 80.5. The van der Waals surface area contributed by atoms with E-state index in [1.165, 1.54) is 0 Å². The second kappa shape index (κ2) is 2.97. The number of amides is 1. The van der Waals surface area contributed by atoms with Crippen LogP contribution in [0.5, 0.6) is 0 Å². The minimum atomic E-state index is 0.930. The number of carbonyl (C=O) groups excluding carboxylic acids is 1. The van der Waals surface area contributed by atoms with Crippen LogP contribution < -0.4 is 0 Å². The van der Waals surface area contributed by atoms with Crippen molar-refractivity contribution >= 4 is 18.2 Å². The largest absolute Gasteiger partial charge is 0.344 e. The first-order valence-corrected chi connectivity index (χ1v) is 3.86. The Kier molecular flexibility index (Phi) is 2.21. The summed E-state index contributed by atoms with van der Waals surface area (Å²) in [4.78, 5) is 11.9. The summed E-state index contributed by atoms with van der Waals surface area (Å²) in [5.74, 6) is 2.22. The Labute approximate surface area is 53.2 Å². The molecule has 0 spiro atoms. The van der Waals surface area contributed by atoms with E-state index >= 15 is 0 Å². The normalized spacial score (nSPS) is 20.8. The molecule has 1 amide bonds. The summed E-state index contributed by atoms with van der Waals surface area (Å²) in [6, 6.07) is 0. The van der Waals surface area contributed by atoms with Gasteiger partial charge in [-0.2, -0.15) is 11.8 Å². The van der Waals surface area contributed by atoms with Crippen molar-refractivity contribution < 1.29 is 4.79 Å². The van der Waals surface area contributed by atoms with E-state index in [0.29, 0.717) is 0 Å². The number of nitrogens with zero attached hydrogens (tertiary/aromatic N) is 1. The third-order valence-electron chi connectivity index (χ3n) is 1.19. The number of thioether (sulfide) groups is 1. The molecule has 46 valence electrons. The molecule has 0 saturated carbocycles. The highest BCUT2D eigenvalue weighted by atomic mass is 32.2. The summed E-state index contributed by atoms with van der Waals surface area (Å²) in [6.45, 7) is 1.88. The van der Waals surface area contributed by atoms with Gasteiger partial charge < -0.3 is 4.90 Å². The molecule has 0 aliphatic carbocycles. The standard InChI is InChI=1S/C5H9NOS/c7-5-6-1-3-8-4-2-6/h5H,1-4H2. The molecule has 0 unspecified atom stereocenters. The molecule has 1 aliphatic rings. The van der Waals surface area contributed by atoms with Crippen LogP contribution in [-0.4, -0.2) is 35.9 Å². The van der Waals surface area contributed by atoms with E-state index in [9.17, 15) is 4.79 Å². The van der Waals surface area contributed by atoms with Gasteiger partial charge in [-0.15, -0.1) is 0 Å². The Morgan fingerprint density at radius 3 is 2.38 bits per heavy atom. The molecule has 3 heteroatoms. The fourth-order valence-corrected chi connectivity index (χ4v) is 1.61. The van der Waals surface area contributed by atoms with Crippen molar-refractivity contribution in [2.24, 2.45) is 0 Å². The van der Waals surface area contributed by atoms with Gasteiger partial charge in [-0.3, -0.25) is 4.79 Å². The summed E-state index contributed by atoms with van der Waals surface area (Å²) >= 11 is 1.91. The maximum Gasteiger partial charge on any atom is 0.209 e. The van der Waals surface area contributed by atoms with Crippen molar-refractivity contribution in [1.29, 1.82) is 0 Å². The minimum Gasteiger partial charge on any atom is -0.344 e. The van der Waals surface area contributed by atoms with Gasteiger partial charge >= 0.3 is 0 Å². The molecule has 0 atom stereocenters. The van der Waals surface area contributed by atoms with Crippen LogP contribution in [0.3, 0.4) is 0 Å². The van der Waals surface area contributed by atoms with E-state index in [4.69, 9.17) is 0 Å². The van der Waals surface area contributed by atoms with Crippen molar-refractivity contribution in [1.82, 2.24) is 4.90 Å². The van der Waals surface area contributed by atoms with Crippen molar-refractivity contribution in [3.8, 4) is 0 Å². The molecule has 0 aromatic rings. The Hall–Kier alpha value is -0.180. The van der Waals surface area contributed by atoms with Crippen LogP contribution in [0.2, 0.25) is 0 Å². The number of hydrogen-bond acceptors (Lipinski definition) is 2. The van der Waals surface area contributed by atoms with Crippen molar-refractivity contribution in [3.05, 3.63) is 0 Å². The van der Waals surface area contributed by atoms with E-state index < -0.39 is 0 Å². The van der Waals surface area contributed by atoms with Gasteiger partial charge in [0.1, 0.15) is 0 Å². The quantitative estimate of drug-likeness (QED) is 0.473. The van der Waals surface area contributed by atoms with Crippen molar-refractivity contribution in [3.63, 3.8) is 0 Å². The van der Waals surface area contributed by atoms with Gasteiger partial charge in [0.05, 0.1) is 0 Å². The minimum absolute atomic E-state index is 0.930. The second-order valence-electron chi connectivity index (χ2n) is 1.75. The van der Waals surface area contributed by atoms with Crippen molar-refractivity contribution in [2.45, 2.75) is 0 Å². The molecular weight excluding hydrogens is 122 g/mol. The first-order valence-electron chi connectivity index (χ1n) is 2.70. The van der Waals surface area contributed by atoms with E-state index in [0.717, 1.165) is 31.0 Å². The first-order chi connectivity index (χ1) is 3.93. The van der Waals surface area contributed by atoms with Gasteiger partial charge in [0.25, 0.3) is 0 Å². The molecule has 1 heterocycles. The Balaban J connectivity index is 2.22. The van der Waals surface area contributed by atoms with Gasteiger partial charge in [-0.25, -0.2) is 0 Å². The smallest absolute Gasteiger partial charge is 0.209 e. The summed E-state index contributed by atoms with van der Waals surface area (Å²) in [6.07, 6.45) is 0.930. The fourth-order valence-electron chi connectivity index (χ4n) is 0.683. The average Bonchev–Trinajstić information content (AvgIpc) is 1.90. The monoisotopic (exact) mass is 131 g/mol. The highest BCUT2D eigenvalue weighted by Gasteiger charge is 2.05. The lowest BCUT2D eigenvalue weighted by molar-refractivity contribution is -0.117. The van der Waals surface area contributed by atoms with Crippen LogP contribution in [0.1, 0.15) is 0 Å². The molecule has 2 nitrogen and oxygen atoms in total. The lowest BCUT2D eigenvalue weighted by atomic mass is 10.5. The fraction of sp³-hybridized carbons (Fsp3) is 0.800. The summed E-state index contributed by atoms with van der Waals surface area (Å²) in [5.41, 5.74) is 0. The SMILES string of the molecule is O=CN1CCSCC1. The van der Waals surface area contributed by atoms with E-state index in [2.05, 4.69) is 0 Å². The van der Waals surface area contributed by atoms with Crippen LogP contribution in [0, 0.1) is 0 Å². The zero-order valence-electron chi connectivity index (χ0n) is 4.67. The van der Waals surface area contributed by atoms with Gasteiger partial charge in [0, 0.05) is 24.6 Å². The van der Waals surface area contributed by atoms with Crippen LogP contribution in [0.4, 0.5) is 0 Å². The lowest BCUT2D eigenvalue weighted by Crippen LogP contribution is -2.30. The molecule has 0 aromatic carbocycles. The Morgan fingerprint density at radius 1 is 1.38 bits per heavy atom. The molecule has 0 radical (unpaired) electrons. The van der Waals surface area contributed by atoms with Crippen LogP contribution in [0.15, 0.2) is 0 Å². The molecule has 1 aliphatic heterocycles. The third kappa shape index (κ3) is 1.40. The number of carbonyl (C=O) groups is 1. The third-order valence-corrected chi connectivity index (χ3v) is 2.14. The lowest BCUT2D eigenvalue weighted by Gasteiger charge is -2.21. The zero-order chi connectivity index (χ0) is 5.82. The molecular formula is C5H9NOS. The second-order valence-corrected chi connectivity index (χ2v) is 2.98. The Morgan fingerprint density at radius 2 is 2.00 bits per heavy atom. The van der Waals surface area contributed by atoms with E-state index in [1.807, 2.05) is 16.7 Å². The number of rotatable bonds is 1. The van der Waals surface area contributed by atoms with Crippen LogP contribution >= 0.6 is 11.8 Å². The van der Waals surface area contributed by atoms with Crippen molar-refractivity contribution in [2.75, 3.05) is 24.6 Å². The van der Waals surface area contributed by atoms with Gasteiger partial charge in [0.2, 0.25) is 6.41 Å². The molecule has 8 heavy (non-hydrogen) atoms. The molecule has 1 saturated heterocycles. The van der Waals surface area contributed by atoms with Crippen LogP contribution in [0.25, 0.3) is 0 Å². The molecule has 0 aromatic heterocycles. The molecule has 0 N–H and O–H groups in total. The maximum absolute atomic E-state index is 10.1. The van der Waals surface area contributed by atoms with E-state index in [-0.39, 0.29) is 0 Å². The summed E-state index contributed by atoms with van der Waals surface area (Å²) < 4.78 is 0. The molecule has 1 rings (SSSR count). The predicted octanol–water partition coefficient (Wildman–Crippen LogP) is 0.192. The molecule has 1 fully saturated rings. The van der Waals surface area contributed by atoms with Gasteiger partial charge in [0.15, 0.2) is 0 Å². The number of hydrogen-bond donors (Lipinski definition) is 0.